The van der Waals surface area contributed by atoms with Gasteiger partial charge in [0.2, 0.25) is 0 Å². The largest absolute Gasteiger partial charge is 0.467 e. The number of nitrogens with zero attached hydrogens (tertiary/aromatic N) is 1. The van der Waals surface area contributed by atoms with Crippen molar-refractivity contribution in [3.8, 4) is 5.75 Å². The van der Waals surface area contributed by atoms with Gasteiger partial charge in [0.1, 0.15) is 11.5 Å². The van der Waals surface area contributed by atoms with E-state index in [2.05, 4.69) is 0 Å². The van der Waals surface area contributed by atoms with Gasteiger partial charge in [0.05, 0.1) is 31.4 Å². The lowest BCUT2D eigenvalue weighted by Gasteiger charge is -2.22. The molecule has 0 fully saturated rings. The number of carbonyl (C=O) groups excluding carboxylic acids is 1. The van der Waals surface area contributed by atoms with E-state index in [9.17, 15) is 13.2 Å². The molecular weight excluding hydrogens is 406 g/mol. The van der Waals surface area contributed by atoms with Crippen LogP contribution in [0.4, 0.5) is 0 Å². The zero-order valence-corrected chi connectivity index (χ0v) is 16.6. The minimum Gasteiger partial charge on any atom is -0.467 e. The Hall–Kier alpha value is -2.71. The predicted molar refractivity (Wildman–Crippen MR) is 103 cm³/mol. The molecule has 148 valence electrons. The first-order valence-corrected chi connectivity index (χ1v) is 10.4. The summed E-state index contributed by atoms with van der Waals surface area (Å²) in [4.78, 5) is 14.3. The highest BCUT2D eigenvalue weighted by Crippen LogP contribution is 2.27. The first-order valence-electron chi connectivity index (χ1n) is 8.43. The molecule has 0 spiro atoms. The fourth-order valence-corrected chi connectivity index (χ4v) is 3.25. The molecule has 7 nitrogen and oxygen atoms in total. The van der Waals surface area contributed by atoms with Crippen molar-refractivity contribution in [1.29, 1.82) is 0 Å². The van der Waals surface area contributed by atoms with Crippen LogP contribution < -0.4 is 4.18 Å². The van der Waals surface area contributed by atoms with Crippen molar-refractivity contribution in [3.05, 3.63) is 77.1 Å². The molecule has 1 aromatic carbocycles. The number of rotatable bonds is 8. The van der Waals surface area contributed by atoms with Gasteiger partial charge in [-0.2, -0.15) is 8.42 Å². The highest BCUT2D eigenvalue weighted by atomic mass is 35.5. The van der Waals surface area contributed by atoms with Crippen LogP contribution in [0.3, 0.4) is 0 Å². The lowest BCUT2D eigenvalue weighted by molar-refractivity contribution is 0.0684. The van der Waals surface area contributed by atoms with Gasteiger partial charge in [0.25, 0.3) is 5.91 Å². The van der Waals surface area contributed by atoms with E-state index in [0.29, 0.717) is 16.3 Å². The van der Waals surface area contributed by atoms with Crippen molar-refractivity contribution in [3.63, 3.8) is 0 Å². The molecular formula is C19H18ClNO6S. The zero-order chi connectivity index (χ0) is 20.1. The summed E-state index contributed by atoms with van der Waals surface area (Å²) in [7, 11) is -3.74. The van der Waals surface area contributed by atoms with Gasteiger partial charge in [-0.15, -0.1) is 0 Å². The Labute approximate surface area is 167 Å². The standard InChI is InChI=1S/C19H18ClNO6S/c1-2-28(23,24)27-17-8-7-15(20)11-14(17)12-21(13-16-5-3-9-25-16)19(22)18-6-4-10-26-18/h3-11H,2,12-13H2,1H3. The van der Waals surface area contributed by atoms with Crippen LogP contribution >= 0.6 is 11.6 Å². The normalized spacial score (nSPS) is 11.4. The van der Waals surface area contributed by atoms with E-state index in [0.717, 1.165) is 0 Å². The zero-order valence-electron chi connectivity index (χ0n) is 15.0. The van der Waals surface area contributed by atoms with E-state index >= 15 is 0 Å². The highest BCUT2D eigenvalue weighted by Gasteiger charge is 2.23. The summed E-state index contributed by atoms with van der Waals surface area (Å²) < 4.78 is 39.5. The Morgan fingerprint density at radius 3 is 2.50 bits per heavy atom. The van der Waals surface area contributed by atoms with Gasteiger partial charge in [-0.05, 0) is 49.4 Å². The molecule has 28 heavy (non-hydrogen) atoms. The maximum atomic E-state index is 12.9. The molecule has 0 bridgehead atoms. The smallest absolute Gasteiger partial charge is 0.308 e. The molecule has 9 heteroatoms. The number of furan rings is 2. The molecule has 3 aromatic rings. The van der Waals surface area contributed by atoms with Gasteiger partial charge in [0.15, 0.2) is 5.76 Å². The van der Waals surface area contributed by atoms with Crippen LogP contribution in [-0.4, -0.2) is 25.0 Å². The molecule has 0 atom stereocenters. The predicted octanol–water partition coefficient (Wildman–Crippen LogP) is 4.10. The fraction of sp³-hybridized carbons (Fsp3) is 0.211. The van der Waals surface area contributed by atoms with E-state index < -0.39 is 10.1 Å². The van der Waals surface area contributed by atoms with Crippen LogP contribution in [0.1, 0.15) is 28.8 Å². The molecule has 0 radical (unpaired) electrons. The van der Waals surface area contributed by atoms with Crippen molar-refractivity contribution in [2.75, 3.05) is 5.75 Å². The number of benzene rings is 1. The number of hydrogen-bond acceptors (Lipinski definition) is 6. The first-order chi connectivity index (χ1) is 13.4. The minimum atomic E-state index is -3.74. The van der Waals surface area contributed by atoms with Crippen LogP contribution in [0.5, 0.6) is 5.75 Å². The molecule has 0 N–H and O–H groups in total. The molecule has 0 saturated carbocycles. The van der Waals surface area contributed by atoms with E-state index in [1.165, 1.54) is 36.5 Å². The van der Waals surface area contributed by atoms with Gasteiger partial charge in [-0.1, -0.05) is 11.6 Å². The lowest BCUT2D eigenvalue weighted by Crippen LogP contribution is -2.30. The number of amides is 1. The van der Waals surface area contributed by atoms with Crippen LogP contribution in [-0.2, 0) is 23.2 Å². The molecule has 2 heterocycles. The summed E-state index contributed by atoms with van der Waals surface area (Å²) in [5, 5.41) is 0.389. The minimum absolute atomic E-state index is 0.0371. The van der Waals surface area contributed by atoms with Gasteiger partial charge in [-0.25, -0.2) is 0 Å². The molecule has 0 saturated heterocycles. The third kappa shape index (κ3) is 4.96. The Kier molecular flexibility index (Phi) is 6.11. The lowest BCUT2D eigenvalue weighted by atomic mass is 10.1. The summed E-state index contributed by atoms with van der Waals surface area (Å²) in [6.07, 6.45) is 2.91. The summed E-state index contributed by atoms with van der Waals surface area (Å²) in [6.45, 7) is 1.67. The van der Waals surface area contributed by atoms with Crippen LogP contribution in [0.25, 0.3) is 0 Å². The monoisotopic (exact) mass is 423 g/mol. The average molecular weight is 424 g/mol. The Morgan fingerprint density at radius 2 is 1.86 bits per heavy atom. The molecule has 0 aliphatic rings. The third-order valence-corrected chi connectivity index (χ3v) is 5.28. The molecule has 3 rings (SSSR count). The van der Waals surface area contributed by atoms with E-state index in [1.54, 1.807) is 30.3 Å². The Balaban J connectivity index is 1.93. The van der Waals surface area contributed by atoms with Crippen LogP contribution in [0, 0.1) is 0 Å². The second-order valence-corrected chi connectivity index (χ2v) is 8.20. The van der Waals surface area contributed by atoms with Gasteiger partial charge >= 0.3 is 10.1 Å². The molecule has 0 aliphatic carbocycles. The molecule has 0 unspecified atom stereocenters. The summed E-state index contributed by atoms with van der Waals surface area (Å²) in [6, 6.07) is 11.2. The second-order valence-electron chi connectivity index (χ2n) is 5.90. The fourth-order valence-electron chi connectivity index (χ4n) is 2.50. The summed E-state index contributed by atoms with van der Waals surface area (Å²) >= 11 is 6.08. The number of halogens is 1. The summed E-state index contributed by atoms with van der Waals surface area (Å²) in [5.41, 5.74) is 0.441. The average Bonchev–Trinajstić information content (AvgIpc) is 3.36. The van der Waals surface area contributed by atoms with Gasteiger partial charge in [0, 0.05) is 10.6 Å². The van der Waals surface area contributed by atoms with E-state index in [1.807, 2.05) is 0 Å². The molecule has 1 amide bonds. The topological polar surface area (TPSA) is 90.0 Å². The molecule has 0 aliphatic heterocycles. The first kappa shape index (κ1) is 20.0. The van der Waals surface area contributed by atoms with Crippen LogP contribution in [0.15, 0.2) is 63.8 Å². The van der Waals surface area contributed by atoms with Crippen molar-refractivity contribution >= 4 is 27.6 Å². The number of carbonyl (C=O) groups is 1. The van der Waals surface area contributed by atoms with E-state index in [4.69, 9.17) is 24.6 Å². The second kappa shape index (κ2) is 8.53. The quantitative estimate of drug-likeness (QED) is 0.507. The van der Waals surface area contributed by atoms with E-state index in [-0.39, 0.29) is 36.3 Å². The summed E-state index contributed by atoms with van der Waals surface area (Å²) in [5.74, 6) is 0.257. The van der Waals surface area contributed by atoms with Gasteiger partial charge in [-0.3, -0.25) is 4.79 Å². The SMILES string of the molecule is CCS(=O)(=O)Oc1ccc(Cl)cc1CN(Cc1ccco1)C(=O)c1ccco1. The van der Waals surface area contributed by atoms with Crippen molar-refractivity contribution in [1.82, 2.24) is 4.90 Å². The third-order valence-electron chi connectivity index (χ3n) is 3.90. The van der Waals surface area contributed by atoms with Crippen molar-refractivity contribution in [2.24, 2.45) is 0 Å². The Morgan fingerprint density at radius 1 is 1.11 bits per heavy atom. The van der Waals surface area contributed by atoms with Crippen LogP contribution in [0.2, 0.25) is 5.02 Å². The Bertz CT molecular complexity index is 1030. The highest BCUT2D eigenvalue weighted by molar-refractivity contribution is 7.87. The van der Waals surface area contributed by atoms with Gasteiger partial charge < -0.3 is 17.9 Å². The van der Waals surface area contributed by atoms with Crippen molar-refractivity contribution in [2.45, 2.75) is 20.0 Å². The number of hydrogen-bond donors (Lipinski definition) is 0. The molecule has 2 aromatic heterocycles. The maximum Gasteiger partial charge on any atom is 0.308 e. The maximum absolute atomic E-state index is 12.9. The van der Waals surface area contributed by atoms with Crippen molar-refractivity contribution < 1.29 is 26.2 Å².